The zero-order valence-corrected chi connectivity index (χ0v) is 17.4. The zero-order valence-electron chi connectivity index (χ0n) is 17.4. The van der Waals surface area contributed by atoms with Crippen molar-refractivity contribution < 1.29 is 9.21 Å². The number of rotatable bonds is 4. The number of likely N-dealkylation sites (N-methyl/N-ethyl adjacent to an activating group) is 1. The van der Waals surface area contributed by atoms with Crippen LogP contribution in [0.25, 0.3) is 33.4 Å². The summed E-state index contributed by atoms with van der Waals surface area (Å²) in [6.07, 6.45) is 3.48. The number of amides is 1. The molecule has 1 aliphatic rings. The molecule has 3 heterocycles. The lowest BCUT2D eigenvalue weighted by Crippen LogP contribution is -2.44. The molecule has 1 aliphatic heterocycles. The second kappa shape index (κ2) is 7.89. The number of primary amides is 1. The van der Waals surface area contributed by atoms with E-state index in [4.69, 9.17) is 10.2 Å². The van der Waals surface area contributed by atoms with Gasteiger partial charge in [0.1, 0.15) is 11.8 Å². The number of fused-ring (bicyclic) bond motifs is 1. The average Bonchev–Trinajstić information content (AvgIpc) is 3.23. The Morgan fingerprint density at radius 2 is 1.71 bits per heavy atom. The molecule has 2 aromatic carbocycles. The van der Waals surface area contributed by atoms with Crippen LogP contribution in [0, 0.1) is 0 Å². The number of benzene rings is 2. The Morgan fingerprint density at radius 3 is 2.45 bits per heavy atom. The largest absolute Gasteiger partial charge is 0.462 e. The minimum absolute atomic E-state index is 0.454. The fourth-order valence-electron chi connectivity index (χ4n) is 4.13. The number of nitrogens with two attached hydrogens (primary N) is 1. The molecule has 6 heteroatoms. The molecule has 0 unspecified atom stereocenters. The minimum atomic E-state index is -0.470. The SMILES string of the molecule is CN1CCN(c2ccc(-c3cnc4c(-c5ccccc5C(N)=O)coc4c3)cc2)CC1. The topological polar surface area (TPSA) is 75.6 Å². The van der Waals surface area contributed by atoms with E-state index in [1.165, 1.54) is 5.69 Å². The molecule has 2 N–H and O–H groups in total. The Kier molecular flexibility index (Phi) is 4.92. The van der Waals surface area contributed by atoms with Gasteiger partial charge in [-0.1, -0.05) is 30.3 Å². The van der Waals surface area contributed by atoms with Crippen LogP contribution in [0.3, 0.4) is 0 Å². The Hall–Kier alpha value is -3.64. The Bertz CT molecular complexity index is 1240. The predicted octanol–water partition coefficient (Wildman–Crippen LogP) is 4.01. The lowest BCUT2D eigenvalue weighted by atomic mass is 10.00. The Labute approximate surface area is 180 Å². The van der Waals surface area contributed by atoms with E-state index in [-0.39, 0.29) is 0 Å². The number of aromatic nitrogens is 1. The molecule has 0 atom stereocenters. The summed E-state index contributed by atoms with van der Waals surface area (Å²) in [5.41, 5.74) is 12.2. The summed E-state index contributed by atoms with van der Waals surface area (Å²) in [5.74, 6) is -0.470. The molecule has 0 spiro atoms. The smallest absolute Gasteiger partial charge is 0.249 e. The zero-order chi connectivity index (χ0) is 21.4. The predicted molar refractivity (Wildman–Crippen MR) is 123 cm³/mol. The first kappa shape index (κ1) is 19.3. The van der Waals surface area contributed by atoms with Gasteiger partial charge in [0.25, 0.3) is 0 Å². The second-order valence-electron chi connectivity index (χ2n) is 7.97. The van der Waals surface area contributed by atoms with Gasteiger partial charge in [-0.2, -0.15) is 0 Å². The van der Waals surface area contributed by atoms with Gasteiger partial charge in [-0.3, -0.25) is 9.78 Å². The second-order valence-corrected chi connectivity index (χ2v) is 7.97. The molecule has 6 nitrogen and oxygen atoms in total. The Balaban J connectivity index is 1.45. The normalized spacial score (nSPS) is 14.8. The highest BCUT2D eigenvalue weighted by Gasteiger charge is 2.17. The maximum atomic E-state index is 11.8. The van der Waals surface area contributed by atoms with Gasteiger partial charge in [-0.15, -0.1) is 0 Å². The molecule has 1 fully saturated rings. The monoisotopic (exact) mass is 412 g/mol. The summed E-state index contributed by atoms with van der Waals surface area (Å²) in [5, 5.41) is 0. The van der Waals surface area contributed by atoms with E-state index in [0.29, 0.717) is 16.7 Å². The minimum Gasteiger partial charge on any atom is -0.462 e. The lowest BCUT2D eigenvalue weighted by Gasteiger charge is -2.34. The van der Waals surface area contributed by atoms with Crippen molar-refractivity contribution in [2.45, 2.75) is 0 Å². The number of carbonyl (C=O) groups excluding carboxylic acids is 1. The standard InChI is InChI=1S/C25H24N4O2/c1-28-10-12-29(13-11-28)19-8-6-17(7-9-19)18-14-23-24(27-15-18)22(16-31-23)20-4-2-3-5-21(20)25(26)30/h2-9,14-16H,10-13H2,1H3,(H2,26,30). The van der Waals surface area contributed by atoms with Crippen molar-refractivity contribution in [3.8, 4) is 22.3 Å². The maximum Gasteiger partial charge on any atom is 0.249 e. The lowest BCUT2D eigenvalue weighted by molar-refractivity contribution is 0.100. The molecule has 4 aromatic rings. The van der Waals surface area contributed by atoms with Gasteiger partial charge in [-0.25, -0.2) is 0 Å². The van der Waals surface area contributed by atoms with Crippen molar-refractivity contribution in [3.63, 3.8) is 0 Å². The van der Waals surface area contributed by atoms with Crippen LogP contribution in [0.2, 0.25) is 0 Å². The van der Waals surface area contributed by atoms with Gasteiger partial charge < -0.3 is 20.0 Å². The van der Waals surface area contributed by atoms with Crippen molar-refractivity contribution in [1.82, 2.24) is 9.88 Å². The molecule has 31 heavy (non-hydrogen) atoms. The van der Waals surface area contributed by atoms with Crippen LogP contribution in [0.15, 0.2) is 71.5 Å². The van der Waals surface area contributed by atoms with Crippen LogP contribution < -0.4 is 10.6 Å². The van der Waals surface area contributed by atoms with Gasteiger partial charge >= 0.3 is 0 Å². The maximum absolute atomic E-state index is 11.8. The Morgan fingerprint density at radius 1 is 0.968 bits per heavy atom. The first-order chi connectivity index (χ1) is 15.1. The van der Waals surface area contributed by atoms with Crippen LogP contribution in [0.5, 0.6) is 0 Å². The molecule has 2 aromatic heterocycles. The number of piperazine rings is 1. The first-order valence-corrected chi connectivity index (χ1v) is 10.4. The van der Waals surface area contributed by atoms with Crippen molar-refractivity contribution in [2.75, 3.05) is 38.1 Å². The third kappa shape index (κ3) is 3.66. The van der Waals surface area contributed by atoms with Crippen LogP contribution in [-0.2, 0) is 0 Å². The van der Waals surface area contributed by atoms with E-state index in [1.807, 2.05) is 24.4 Å². The molecule has 0 aliphatic carbocycles. The number of furan rings is 1. The number of hydrogen-bond acceptors (Lipinski definition) is 5. The van der Waals surface area contributed by atoms with Gasteiger partial charge in [0.15, 0.2) is 5.58 Å². The molecule has 0 bridgehead atoms. The number of nitrogens with zero attached hydrogens (tertiary/aromatic N) is 3. The van der Waals surface area contributed by atoms with Crippen LogP contribution in [0.1, 0.15) is 10.4 Å². The fourth-order valence-corrected chi connectivity index (χ4v) is 4.13. The van der Waals surface area contributed by atoms with E-state index in [9.17, 15) is 4.79 Å². The summed E-state index contributed by atoms with van der Waals surface area (Å²) in [4.78, 5) is 21.2. The summed E-state index contributed by atoms with van der Waals surface area (Å²) in [6.45, 7) is 4.26. The molecule has 0 saturated carbocycles. The quantitative estimate of drug-likeness (QED) is 0.548. The molecular formula is C25H24N4O2. The molecular weight excluding hydrogens is 388 g/mol. The van der Waals surface area contributed by atoms with E-state index >= 15 is 0 Å². The summed E-state index contributed by atoms with van der Waals surface area (Å²) >= 11 is 0. The van der Waals surface area contributed by atoms with Crippen molar-refractivity contribution in [3.05, 3.63) is 72.6 Å². The fraction of sp³-hybridized carbons (Fsp3) is 0.200. The molecule has 1 amide bonds. The molecule has 156 valence electrons. The van der Waals surface area contributed by atoms with Gasteiger partial charge in [-0.05, 0) is 42.4 Å². The number of hydrogen-bond donors (Lipinski definition) is 1. The number of anilines is 1. The van der Waals surface area contributed by atoms with E-state index in [2.05, 4.69) is 46.1 Å². The summed E-state index contributed by atoms with van der Waals surface area (Å²) in [6, 6.07) is 17.8. The third-order valence-corrected chi connectivity index (χ3v) is 5.96. The van der Waals surface area contributed by atoms with Gasteiger partial charge in [0, 0.05) is 54.8 Å². The van der Waals surface area contributed by atoms with E-state index < -0.39 is 5.91 Å². The number of pyridine rings is 1. The third-order valence-electron chi connectivity index (χ3n) is 5.96. The van der Waals surface area contributed by atoms with Gasteiger partial charge in [0.05, 0.1) is 0 Å². The molecule has 5 rings (SSSR count). The van der Waals surface area contributed by atoms with E-state index in [1.54, 1.807) is 18.4 Å². The van der Waals surface area contributed by atoms with Crippen LogP contribution in [-0.4, -0.2) is 49.0 Å². The van der Waals surface area contributed by atoms with Crippen molar-refractivity contribution >= 4 is 22.7 Å². The van der Waals surface area contributed by atoms with Crippen LogP contribution in [0.4, 0.5) is 5.69 Å². The highest BCUT2D eigenvalue weighted by atomic mass is 16.3. The first-order valence-electron chi connectivity index (χ1n) is 10.4. The molecule has 0 radical (unpaired) electrons. The highest BCUT2D eigenvalue weighted by molar-refractivity contribution is 6.03. The van der Waals surface area contributed by atoms with E-state index in [0.717, 1.165) is 48.4 Å². The molecule has 1 saturated heterocycles. The average molecular weight is 412 g/mol. The number of carbonyl (C=O) groups is 1. The highest BCUT2D eigenvalue weighted by Crippen LogP contribution is 2.33. The summed E-state index contributed by atoms with van der Waals surface area (Å²) in [7, 11) is 2.16. The van der Waals surface area contributed by atoms with Crippen molar-refractivity contribution in [2.24, 2.45) is 5.73 Å². The van der Waals surface area contributed by atoms with Crippen LogP contribution >= 0.6 is 0 Å². The van der Waals surface area contributed by atoms with Crippen molar-refractivity contribution in [1.29, 1.82) is 0 Å². The summed E-state index contributed by atoms with van der Waals surface area (Å²) < 4.78 is 5.80. The van der Waals surface area contributed by atoms with Gasteiger partial charge in [0.2, 0.25) is 5.91 Å².